The molecule has 3 atom stereocenters. The second-order valence-electron chi connectivity index (χ2n) is 6.13. The molecule has 1 aliphatic carbocycles. The van der Waals surface area contributed by atoms with Crippen LogP contribution in [-0.2, 0) is 19.1 Å². The van der Waals surface area contributed by atoms with Gasteiger partial charge in [-0.15, -0.1) is 0 Å². The number of methoxy groups -OCH3 is 1. The number of amides is 2. The van der Waals surface area contributed by atoms with Crippen molar-refractivity contribution in [3.63, 3.8) is 0 Å². The molecule has 21 heavy (non-hydrogen) atoms. The number of nitrogens with one attached hydrogen (secondary N) is 1. The van der Waals surface area contributed by atoms with Crippen molar-refractivity contribution >= 4 is 17.8 Å². The molecule has 1 saturated heterocycles. The minimum atomic E-state index is -0.764. The first kappa shape index (κ1) is 15.9. The minimum Gasteiger partial charge on any atom is -0.468 e. The predicted molar refractivity (Wildman–Crippen MR) is 76.3 cm³/mol. The fourth-order valence-electron chi connectivity index (χ4n) is 2.95. The monoisotopic (exact) mass is 296 g/mol. The molecule has 0 aromatic carbocycles. The van der Waals surface area contributed by atoms with Crippen LogP contribution in [0.4, 0.5) is 0 Å². The molecule has 1 N–H and O–H groups in total. The maximum atomic E-state index is 11.9. The highest BCUT2D eigenvalue weighted by Crippen LogP contribution is 2.46. The smallest absolute Gasteiger partial charge is 0.325 e. The van der Waals surface area contributed by atoms with Crippen molar-refractivity contribution in [1.82, 2.24) is 10.2 Å². The van der Waals surface area contributed by atoms with E-state index < -0.39 is 5.54 Å². The zero-order valence-corrected chi connectivity index (χ0v) is 13.0. The van der Waals surface area contributed by atoms with Crippen molar-refractivity contribution in [2.75, 3.05) is 20.2 Å². The van der Waals surface area contributed by atoms with Gasteiger partial charge in [0, 0.05) is 6.54 Å². The number of imide groups is 1. The van der Waals surface area contributed by atoms with Crippen LogP contribution in [0.1, 0.15) is 39.5 Å². The molecule has 0 radical (unpaired) electrons. The standard InChI is InChI=1S/C15H24N2O4/c1-4-7-16-15(2,14(20)21-3)6-5-8-17-12(18)10-9-11(10)13(17)19/h10-11,16H,4-9H2,1-3H3. The minimum absolute atomic E-state index is 0.0358. The van der Waals surface area contributed by atoms with Crippen molar-refractivity contribution < 1.29 is 19.1 Å². The van der Waals surface area contributed by atoms with Crippen LogP contribution in [0.25, 0.3) is 0 Å². The van der Waals surface area contributed by atoms with Crippen LogP contribution in [0.15, 0.2) is 0 Å². The van der Waals surface area contributed by atoms with Crippen LogP contribution in [0.2, 0.25) is 0 Å². The first-order chi connectivity index (χ1) is 9.94. The van der Waals surface area contributed by atoms with E-state index in [0.29, 0.717) is 19.4 Å². The summed E-state index contributed by atoms with van der Waals surface area (Å²) in [5.41, 5.74) is -0.764. The van der Waals surface area contributed by atoms with Crippen LogP contribution in [0.3, 0.4) is 0 Å². The molecule has 6 nitrogen and oxygen atoms in total. The third-order valence-corrected chi connectivity index (χ3v) is 4.42. The van der Waals surface area contributed by atoms with Gasteiger partial charge in [-0.25, -0.2) is 0 Å². The molecule has 2 fully saturated rings. The van der Waals surface area contributed by atoms with Gasteiger partial charge in [-0.3, -0.25) is 19.3 Å². The number of hydrogen-bond donors (Lipinski definition) is 1. The third kappa shape index (κ3) is 3.10. The van der Waals surface area contributed by atoms with Gasteiger partial charge >= 0.3 is 5.97 Å². The van der Waals surface area contributed by atoms with E-state index in [9.17, 15) is 14.4 Å². The lowest BCUT2D eigenvalue weighted by atomic mass is 9.95. The van der Waals surface area contributed by atoms with E-state index in [1.54, 1.807) is 6.92 Å². The summed E-state index contributed by atoms with van der Waals surface area (Å²) >= 11 is 0. The van der Waals surface area contributed by atoms with Crippen LogP contribution in [0.5, 0.6) is 0 Å². The van der Waals surface area contributed by atoms with Crippen LogP contribution in [0, 0.1) is 11.8 Å². The average Bonchev–Trinajstić information content (AvgIpc) is 3.23. The molecule has 1 aliphatic heterocycles. The zero-order chi connectivity index (χ0) is 15.6. The molecule has 1 saturated carbocycles. The van der Waals surface area contributed by atoms with Gasteiger partial charge in [-0.2, -0.15) is 0 Å². The van der Waals surface area contributed by atoms with Gasteiger partial charge in [0.05, 0.1) is 18.9 Å². The Morgan fingerprint density at radius 1 is 1.38 bits per heavy atom. The van der Waals surface area contributed by atoms with Crippen molar-refractivity contribution in [3.8, 4) is 0 Å². The Kier molecular flexibility index (Phi) is 4.66. The maximum Gasteiger partial charge on any atom is 0.325 e. The molecule has 2 amide bonds. The predicted octanol–water partition coefficient (Wildman–Crippen LogP) is 0.703. The van der Waals surface area contributed by atoms with Crippen molar-refractivity contribution in [3.05, 3.63) is 0 Å². The lowest BCUT2D eigenvalue weighted by Crippen LogP contribution is -2.51. The summed E-state index contributed by atoms with van der Waals surface area (Å²) in [4.78, 5) is 37.0. The SMILES string of the molecule is CCCNC(C)(CCCN1C(=O)C2CC2C1=O)C(=O)OC. The van der Waals surface area contributed by atoms with E-state index in [0.717, 1.165) is 19.4 Å². The summed E-state index contributed by atoms with van der Waals surface area (Å²) in [5, 5.41) is 3.20. The fraction of sp³-hybridized carbons (Fsp3) is 0.800. The molecular weight excluding hydrogens is 272 g/mol. The molecule has 0 aromatic heterocycles. The largest absolute Gasteiger partial charge is 0.468 e. The number of carbonyl (C=O) groups is 3. The zero-order valence-electron chi connectivity index (χ0n) is 13.0. The highest BCUT2D eigenvalue weighted by molar-refractivity contribution is 6.08. The number of carbonyl (C=O) groups excluding carboxylic acids is 3. The summed E-state index contributed by atoms with van der Waals surface area (Å²) in [5.74, 6) is -0.485. The Bertz CT molecular complexity index is 431. The van der Waals surface area contributed by atoms with Crippen molar-refractivity contribution in [2.24, 2.45) is 11.8 Å². The molecular formula is C15H24N2O4. The highest BCUT2D eigenvalue weighted by atomic mass is 16.5. The third-order valence-electron chi connectivity index (χ3n) is 4.42. The quantitative estimate of drug-likeness (QED) is 0.527. The van der Waals surface area contributed by atoms with E-state index in [1.807, 2.05) is 6.92 Å². The number of rotatable bonds is 8. The number of fused-ring (bicyclic) bond motifs is 1. The number of nitrogens with zero attached hydrogens (tertiary/aromatic N) is 1. The summed E-state index contributed by atoms with van der Waals surface area (Å²) in [6.07, 6.45) is 2.77. The normalized spacial score (nSPS) is 26.5. The Balaban J connectivity index is 1.86. The molecule has 118 valence electrons. The molecule has 6 heteroatoms. The Labute approximate surface area is 125 Å². The average molecular weight is 296 g/mol. The summed E-state index contributed by atoms with van der Waals surface area (Å²) < 4.78 is 4.85. The lowest BCUT2D eigenvalue weighted by molar-refractivity contribution is -0.148. The van der Waals surface area contributed by atoms with Gasteiger partial charge in [0.2, 0.25) is 11.8 Å². The second-order valence-corrected chi connectivity index (χ2v) is 6.13. The summed E-state index contributed by atoms with van der Waals surface area (Å²) in [6, 6.07) is 0. The van der Waals surface area contributed by atoms with E-state index in [4.69, 9.17) is 4.74 Å². The Hall–Kier alpha value is -1.43. The lowest BCUT2D eigenvalue weighted by Gasteiger charge is -2.28. The molecule has 2 aliphatic rings. The van der Waals surface area contributed by atoms with Crippen LogP contribution >= 0.6 is 0 Å². The first-order valence-corrected chi connectivity index (χ1v) is 7.63. The summed E-state index contributed by atoms with van der Waals surface area (Å²) in [7, 11) is 1.37. The van der Waals surface area contributed by atoms with Crippen LogP contribution < -0.4 is 5.32 Å². The summed E-state index contributed by atoms with van der Waals surface area (Å²) in [6.45, 7) is 4.94. The van der Waals surface area contributed by atoms with E-state index in [-0.39, 0.29) is 29.6 Å². The molecule has 0 bridgehead atoms. The first-order valence-electron chi connectivity index (χ1n) is 7.63. The number of esters is 1. The second kappa shape index (κ2) is 6.13. The number of ether oxygens (including phenoxy) is 1. The van der Waals surface area contributed by atoms with E-state index in [2.05, 4.69) is 5.32 Å². The molecule has 3 unspecified atom stereocenters. The van der Waals surface area contributed by atoms with Gasteiger partial charge in [-0.05, 0) is 39.2 Å². The highest BCUT2D eigenvalue weighted by Gasteiger charge is 2.58. The topological polar surface area (TPSA) is 75.7 Å². The van der Waals surface area contributed by atoms with E-state index >= 15 is 0 Å². The Morgan fingerprint density at radius 2 is 2.00 bits per heavy atom. The van der Waals surface area contributed by atoms with Gasteiger partial charge in [0.25, 0.3) is 0 Å². The Morgan fingerprint density at radius 3 is 2.52 bits per heavy atom. The fourth-order valence-corrected chi connectivity index (χ4v) is 2.95. The molecule has 0 aromatic rings. The van der Waals surface area contributed by atoms with Crippen molar-refractivity contribution in [1.29, 1.82) is 0 Å². The van der Waals surface area contributed by atoms with Gasteiger partial charge < -0.3 is 10.1 Å². The number of likely N-dealkylation sites (tertiary alicyclic amines) is 1. The molecule has 0 spiro atoms. The van der Waals surface area contributed by atoms with Crippen molar-refractivity contribution in [2.45, 2.75) is 45.1 Å². The van der Waals surface area contributed by atoms with Gasteiger partial charge in [0.1, 0.15) is 5.54 Å². The van der Waals surface area contributed by atoms with E-state index in [1.165, 1.54) is 12.0 Å². The number of hydrogen-bond acceptors (Lipinski definition) is 5. The van der Waals surface area contributed by atoms with Crippen LogP contribution in [-0.4, -0.2) is 48.4 Å². The van der Waals surface area contributed by atoms with Gasteiger partial charge in [-0.1, -0.05) is 6.92 Å². The molecule has 1 heterocycles. The maximum absolute atomic E-state index is 11.9. The molecule has 2 rings (SSSR count). The number of piperidine rings is 1. The van der Waals surface area contributed by atoms with Gasteiger partial charge in [0.15, 0.2) is 0 Å².